The Morgan fingerprint density at radius 3 is 2.54 bits per heavy atom. The molecule has 2 aromatic carbocycles. The standard InChI is InChI=1S/C25H24N6O3S/c1-17(31-16-26-15-27-31)25(33)30-21-10-8-20(9-11-21)29-24(32)12-7-19-5-3-4-6-23(19)34-13-22-14-35-18(2)28-22/h3-12,14-17H,13H2,1-2H3,(H,29,32)(H,30,33)/b12-7+. The summed E-state index contributed by atoms with van der Waals surface area (Å²) >= 11 is 1.58. The van der Waals surface area contributed by atoms with E-state index in [4.69, 9.17) is 4.74 Å². The van der Waals surface area contributed by atoms with Gasteiger partial charge in [0.15, 0.2) is 0 Å². The molecule has 2 aromatic heterocycles. The zero-order valence-electron chi connectivity index (χ0n) is 19.2. The molecule has 178 valence electrons. The maximum atomic E-state index is 12.4. The van der Waals surface area contributed by atoms with Gasteiger partial charge in [-0.3, -0.25) is 9.59 Å². The number of benzene rings is 2. The fourth-order valence-corrected chi connectivity index (χ4v) is 3.74. The molecule has 0 radical (unpaired) electrons. The van der Waals surface area contributed by atoms with Gasteiger partial charge in [0, 0.05) is 28.4 Å². The molecular weight excluding hydrogens is 464 g/mol. The number of rotatable bonds is 9. The SMILES string of the molecule is Cc1nc(COc2ccccc2/C=C/C(=O)Nc2ccc(NC(=O)C(C)n3cncn3)cc2)cs1. The Balaban J connectivity index is 1.31. The Bertz CT molecular complexity index is 1320. The highest BCUT2D eigenvalue weighted by atomic mass is 32.1. The summed E-state index contributed by atoms with van der Waals surface area (Å²) in [5.74, 6) is 0.162. The Morgan fingerprint density at radius 2 is 1.86 bits per heavy atom. The normalized spacial score (nSPS) is 11.8. The van der Waals surface area contributed by atoms with Crippen molar-refractivity contribution >= 4 is 40.6 Å². The topological polar surface area (TPSA) is 111 Å². The second kappa shape index (κ2) is 11.2. The van der Waals surface area contributed by atoms with E-state index in [2.05, 4.69) is 25.7 Å². The van der Waals surface area contributed by atoms with Gasteiger partial charge in [0.1, 0.15) is 31.1 Å². The molecule has 10 heteroatoms. The molecule has 1 atom stereocenters. The number of ether oxygens (including phenoxy) is 1. The lowest BCUT2D eigenvalue weighted by atomic mass is 10.2. The van der Waals surface area contributed by atoms with Crippen molar-refractivity contribution in [2.75, 3.05) is 10.6 Å². The highest BCUT2D eigenvalue weighted by Gasteiger charge is 2.15. The minimum Gasteiger partial charge on any atom is -0.487 e. The number of nitrogens with zero attached hydrogens (tertiary/aromatic N) is 4. The van der Waals surface area contributed by atoms with Crippen LogP contribution in [-0.2, 0) is 16.2 Å². The molecule has 0 aliphatic carbocycles. The third-order valence-corrected chi connectivity index (χ3v) is 5.83. The van der Waals surface area contributed by atoms with Gasteiger partial charge in [-0.15, -0.1) is 11.3 Å². The second-order valence-corrected chi connectivity index (χ2v) is 8.69. The summed E-state index contributed by atoms with van der Waals surface area (Å²) in [5, 5.41) is 12.6. The van der Waals surface area contributed by atoms with Gasteiger partial charge in [-0.25, -0.2) is 14.6 Å². The number of hydrogen-bond donors (Lipinski definition) is 2. The number of amides is 2. The van der Waals surface area contributed by atoms with Crippen molar-refractivity contribution < 1.29 is 14.3 Å². The smallest absolute Gasteiger partial charge is 0.249 e. The molecule has 0 aliphatic heterocycles. The predicted molar refractivity (Wildman–Crippen MR) is 135 cm³/mol. The van der Waals surface area contributed by atoms with Crippen LogP contribution in [0.1, 0.15) is 29.2 Å². The summed E-state index contributed by atoms with van der Waals surface area (Å²) in [6, 6.07) is 13.9. The quantitative estimate of drug-likeness (QED) is 0.336. The largest absolute Gasteiger partial charge is 0.487 e. The molecule has 0 saturated heterocycles. The number of para-hydroxylation sites is 1. The van der Waals surface area contributed by atoms with Crippen LogP contribution in [-0.4, -0.2) is 31.6 Å². The average Bonchev–Trinajstić information content (AvgIpc) is 3.55. The molecule has 2 amide bonds. The van der Waals surface area contributed by atoms with Gasteiger partial charge in [-0.05, 0) is 50.3 Å². The van der Waals surface area contributed by atoms with E-state index in [1.165, 1.54) is 23.4 Å². The van der Waals surface area contributed by atoms with Gasteiger partial charge < -0.3 is 15.4 Å². The van der Waals surface area contributed by atoms with Crippen LogP contribution in [0.4, 0.5) is 11.4 Å². The van der Waals surface area contributed by atoms with Crippen LogP contribution in [0, 0.1) is 6.92 Å². The second-order valence-electron chi connectivity index (χ2n) is 7.63. The number of carbonyl (C=O) groups is 2. The summed E-state index contributed by atoms with van der Waals surface area (Å²) in [6.45, 7) is 4.05. The lowest BCUT2D eigenvalue weighted by Gasteiger charge is -2.12. The fourth-order valence-electron chi connectivity index (χ4n) is 3.15. The Labute approximate surface area is 206 Å². The van der Waals surface area contributed by atoms with Crippen LogP contribution in [0.15, 0.2) is 72.6 Å². The van der Waals surface area contributed by atoms with E-state index in [1.54, 1.807) is 48.6 Å². The molecule has 2 N–H and O–H groups in total. The molecule has 2 heterocycles. The van der Waals surface area contributed by atoms with E-state index in [9.17, 15) is 9.59 Å². The molecule has 0 fully saturated rings. The number of anilines is 2. The van der Waals surface area contributed by atoms with Crippen molar-refractivity contribution in [1.82, 2.24) is 19.7 Å². The zero-order valence-corrected chi connectivity index (χ0v) is 20.0. The van der Waals surface area contributed by atoms with E-state index in [1.807, 2.05) is 36.6 Å². The van der Waals surface area contributed by atoms with Gasteiger partial charge in [-0.1, -0.05) is 18.2 Å². The fraction of sp³-hybridized carbons (Fsp3) is 0.160. The first-order valence-electron chi connectivity index (χ1n) is 10.8. The van der Waals surface area contributed by atoms with Crippen LogP contribution in [0.2, 0.25) is 0 Å². The average molecular weight is 489 g/mol. The first kappa shape index (κ1) is 23.8. The summed E-state index contributed by atoms with van der Waals surface area (Å²) < 4.78 is 7.36. The monoisotopic (exact) mass is 488 g/mol. The van der Waals surface area contributed by atoms with Crippen molar-refractivity contribution in [2.24, 2.45) is 0 Å². The minimum absolute atomic E-state index is 0.221. The molecule has 0 spiro atoms. The van der Waals surface area contributed by atoms with Crippen LogP contribution in [0.25, 0.3) is 6.08 Å². The molecule has 0 bridgehead atoms. The van der Waals surface area contributed by atoms with Gasteiger partial charge in [0.2, 0.25) is 11.8 Å². The van der Waals surface area contributed by atoms with Crippen LogP contribution in [0.5, 0.6) is 5.75 Å². The highest BCUT2D eigenvalue weighted by Crippen LogP contribution is 2.22. The third-order valence-electron chi connectivity index (χ3n) is 5.01. The molecule has 4 rings (SSSR count). The van der Waals surface area contributed by atoms with Crippen molar-refractivity contribution in [2.45, 2.75) is 26.5 Å². The number of hydrogen-bond acceptors (Lipinski definition) is 7. The molecule has 0 saturated carbocycles. The number of aryl methyl sites for hydroxylation is 1. The summed E-state index contributed by atoms with van der Waals surface area (Å²) in [6.07, 6.45) is 6.02. The first-order valence-corrected chi connectivity index (χ1v) is 11.7. The van der Waals surface area contributed by atoms with E-state index in [0.29, 0.717) is 23.7 Å². The van der Waals surface area contributed by atoms with Crippen molar-refractivity contribution in [3.63, 3.8) is 0 Å². The first-order chi connectivity index (χ1) is 17.0. The van der Waals surface area contributed by atoms with E-state index in [0.717, 1.165) is 16.3 Å². The van der Waals surface area contributed by atoms with E-state index in [-0.39, 0.29) is 11.8 Å². The molecule has 1 unspecified atom stereocenters. The van der Waals surface area contributed by atoms with E-state index < -0.39 is 6.04 Å². The van der Waals surface area contributed by atoms with Crippen molar-refractivity contribution in [3.05, 3.63) is 88.9 Å². The number of nitrogens with one attached hydrogen (secondary N) is 2. The molecular formula is C25H24N6O3S. The van der Waals surface area contributed by atoms with Crippen LogP contribution in [0.3, 0.4) is 0 Å². The number of aromatic nitrogens is 4. The van der Waals surface area contributed by atoms with Crippen LogP contribution >= 0.6 is 11.3 Å². The lowest BCUT2D eigenvalue weighted by Crippen LogP contribution is -2.24. The third kappa shape index (κ3) is 6.61. The Kier molecular flexibility index (Phi) is 7.63. The number of carbonyl (C=O) groups excluding carboxylic acids is 2. The summed E-state index contributed by atoms with van der Waals surface area (Å²) in [7, 11) is 0. The van der Waals surface area contributed by atoms with Gasteiger partial charge >= 0.3 is 0 Å². The highest BCUT2D eigenvalue weighted by molar-refractivity contribution is 7.09. The Morgan fingerprint density at radius 1 is 1.11 bits per heavy atom. The predicted octanol–water partition coefficient (Wildman–Crippen LogP) is 4.47. The van der Waals surface area contributed by atoms with Gasteiger partial charge in [0.05, 0.1) is 10.7 Å². The molecule has 35 heavy (non-hydrogen) atoms. The molecule has 4 aromatic rings. The Hall–Kier alpha value is -4.31. The summed E-state index contributed by atoms with van der Waals surface area (Å²) in [5.41, 5.74) is 2.87. The number of thiazole rings is 1. The van der Waals surface area contributed by atoms with Crippen LogP contribution < -0.4 is 15.4 Å². The maximum absolute atomic E-state index is 12.4. The summed E-state index contributed by atoms with van der Waals surface area (Å²) in [4.78, 5) is 33.0. The van der Waals surface area contributed by atoms with Gasteiger partial charge in [0.25, 0.3) is 0 Å². The van der Waals surface area contributed by atoms with E-state index >= 15 is 0 Å². The zero-order chi connectivity index (χ0) is 24.6. The van der Waals surface area contributed by atoms with Gasteiger partial charge in [-0.2, -0.15) is 5.10 Å². The molecule has 9 nitrogen and oxygen atoms in total. The minimum atomic E-state index is -0.500. The lowest BCUT2D eigenvalue weighted by molar-refractivity contribution is -0.119. The maximum Gasteiger partial charge on any atom is 0.249 e. The molecule has 0 aliphatic rings. The van der Waals surface area contributed by atoms with Crippen molar-refractivity contribution in [1.29, 1.82) is 0 Å². The van der Waals surface area contributed by atoms with Crippen molar-refractivity contribution in [3.8, 4) is 5.75 Å².